The molecule has 2 rings (SSSR count). The van der Waals surface area contributed by atoms with Crippen molar-refractivity contribution in [2.75, 3.05) is 0 Å². The first-order valence-corrected chi connectivity index (χ1v) is 5.42. The van der Waals surface area contributed by atoms with E-state index in [1.165, 1.54) is 42.5 Å². The van der Waals surface area contributed by atoms with Crippen LogP contribution in [0.15, 0.2) is 42.5 Å². The first-order valence-electron chi connectivity index (χ1n) is 5.42. The highest BCUT2D eigenvalue weighted by molar-refractivity contribution is 5.46. The average molecular weight is 263 g/mol. The van der Waals surface area contributed by atoms with Gasteiger partial charge in [0.1, 0.15) is 17.3 Å². The molecule has 2 aromatic carbocycles. The Morgan fingerprint density at radius 2 is 1.79 bits per heavy atom. The standard InChI is InChI=1S/C13H10FNO4/c14-10-1-3-11(4-2-10)19-12-5-6-13(15(17)18)9(7-12)8-16/h1-7,16H,8H2. The monoisotopic (exact) mass is 263 g/mol. The van der Waals surface area contributed by atoms with Crippen LogP contribution in [0.25, 0.3) is 0 Å². The van der Waals surface area contributed by atoms with Gasteiger partial charge in [-0.05, 0) is 36.4 Å². The van der Waals surface area contributed by atoms with Crippen molar-refractivity contribution in [3.63, 3.8) is 0 Å². The van der Waals surface area contributed by atoms with Crippen LogP contribution in [0.4, 0.5) is 10.1 Å². The molecule has 6 heteroatoms. The Morgan fingerprint density at radius 1 is 1.16 bits per heavy atom. The number of benzene rings is 2. The number of hydrogen-bond donors (Lipinski definition) is 1. The van der Waals surface area contributed by atoms with Gasteiger partial charge in [-0.2, -0.15) is 0 Å². The molecule has 0 heterocycles. The number of aliphatic hydroxyl groups is 1. The average Bonchev–Trinajstić information content (AvgIpc) is 2.41. The van der Waals surface area contributed by atoms with Crippen molar-refractivity contribution < 1.29 is 19.2 Å². The summed E-state index contributed by atoms with van der Waals surface area (Å²) in [5, 5.41) is 19.8. The molecule has 0 spiro atoms. The van der Waals surface area contributed by atoms with Gasteiger partial charge in [-0.15, -0.1) is 0 Å². The van der Waals surface area contributed by atoms with Crippen molar-refractivity contribution in [3.8, 4) is 11.5 Å². The second-order valence-electron chi connectivity index (χ2n) is 3.76. The van der Waals surface area contributed by atoms with Crippen molar-refractivity contribution in [1.29, 1.82) is 0 Å². The van der Waals surface area contributed by atoms with Crippen molar-refractivity contribution in [3.05, 3.63) is 64.0 Å². The normalized spacial score (nSPS) is 10.2. The second kappa shape index (κ2) is 5.45. The van der Waals surface area contributed by atoms with E-state index in [-0.39, 0.29) is 17.1 Å². The summed E-state index contributed by atoms with van der Waals surface area (Å²) >= 11 is 0. The zero-order valence-corrected chi connectivity index (χ0v) is 9.75. The van der Waals surface area contributed by atoms with Crippen LogP contribution in [-0.4, -0.2) is 10.0 Å². The quantitative estimate of drug-likeness (QED) is 0.679. The molecular formula is C13H10FNO4. The highest BCUT2D eigenvalue weighted by Crippen LogP contribution is 2.27. The minimum absolute atomic E-state index is 0.157. The van der Waals surface area contributed by atoms with E-state index in [1.54, 1.807) is 0 Å². The Morgan fingerprint density at radius 3 is 2.37 bits per heavy atom. The molecule has 0 saturated carbocycles. The van der Waals surface area contributed by atoms with E-state index in [4.69, 9.17) is 9.84 Å². The number of nitro benzene ring substituents is 1. The maximum absolute atomic E-state index is 12.7. The van der Waals surface area contributed by atoms with E-state index in [0.717, 1.165) is 0 Å². The molecular weight excluding hydrogens is 253 g/mol. The molecule has 0 fully saturated rings. The van der Waals surface area contributed by atoms with Crippen LogP contribution in [0.1, 0.15) is 5.56 Å². The molecule has 0 radical (unpaired) electrons. The van der Waals surface area contributed by atoms with Crippen molar-refractivity contribution in [2.45, 2.75) is 6.61 Å². The summed E-state index contributed by atoms with van der Waals surface area (Å²) < 4.78 is 18.1. The molecule has 98 valence electrons. The van der Waals surface area contributed by atoms with Gasteiger partial charge >= 0.3 is 0 Å². The number of nitrogens with zero attached hydrogens (tertiary/aromatic N) is 1. The summed E-state index contributed by atoms with van der Waals surface area (Å²) in [5.41, 5.74) is -0.0152. The van der Waals surface area contributed by atoms with Gasteiger partial charge in [0.2, 0.25) is 0 Å². The molecule has 0 unspecified atom stereocenters. The van der Waals surface area contributed by atoms with Gasteiger partial charge in [0.25, 0.3) is 5.69 Å². The van der Waals surface area contributed by atoms with Crippen molar-refractivity contribution in [1.82, 2.24) is 0 Å². The topological polar surface area (TPSA) is 72.6 Å². The summed E-state index contributed by atoms with van der Waals surface area (Å²) in [7, 11) is 0. The van der Waals surface area contributed by atoms with Crippen molar-refractivity contribution in [2.24, 2.45) is 0 Å². The smallest absolute Gasteiger partial charge is 0.275 e. The number of hydrogen-bond acceptors (Lipinski definition) is 4. The Labute approximate surface area is 108 Å². The predicted molar refractivity (Wildman–Crippen MR) is 65.5 cm³/mol. The fraction of sp³-hybridized carbons (Fsp3) is 0.0769. The first kappa shape index (κ1) is 13.0. The maximum Gasteiger partial charge on any atom is 0.275 e. The lowest BCUT2D eigenvalue weighted by atomic mass is 10.2. The van der Waals surface area contributed by atoms with E-state index >= 15 is 0 Å². The van der Waals surface area contributed by atoms with E-state index in [1.807, 2.05) is 0 Å². The van der Waals surface area contributed by atoms with Gasteiger partial charge in [0.15, 0.2) is 0 Å². The first-order chi connectivity index (χ1) is 9.10. The largest absolute Gasteiger partial charge is 0.457 e. The molecule has 0 amide bonds. The number of nitro groups is 1. The summed E-state index contributed by atoms with van der Waals surface area (Å²) in [4.78, 5) is 10.1. The number of aliphatic hydroxyl groups excluding tert-OH is 1. The van der Waals surface area contributed by atoms with E-state index in [9.17, 15) is 14.5 Å². The fourth-order valence-electron chi connectivity index (χ4n) is 1.57. The highest BCUT2D eigenvalue weighted by atomic mass is 19.1. The Kier molecular flexibility index (Phi) is 3.72. The van der Waals surface area contributed by atoms with Gasteiger partial charge in [-0.3, -0.25) is 10.1 Å². The summed E-state index contributed by atoms with van der Waals surface area (Å²) in [6.45, 7) is -0.461. The third-order valence-electron chi connectivity index (χ3n) is 2.47. The lowest BCUT2D eigenvalue weighted by Crippen LogP contribution is -1.96. The van der Waals surface area contributed by atoms with Crippen LogP contribution < -0.4 is 4.74 Å². The fourth-order valence-corrected chi connectivity index (χ4v) is 1.57. The Bertz CT molecular complexity index is 598. The van der Waals surface area contributed by atoms with E-state index in [2.05, 4.69) is 0 Å². The molecule has 0 saturated heterocycles. The minimum Gasteiger partial charge on any atom is -0.457 e. The number of halogens is 1. The number of ether oxygens (including phenoxy) is 1. The third kappa shape index (κ3) is 3.05. The molecule has 0 aliphatic rings. The van der Waals surface area contributed by atoms with Crippen molar-refractivity contribution >= 4 is 5.69 Å². The maximum atomic E-state index is 12.7. The van der Waals surface area contributed by atoms with Crippen LogP contribution in [0, 0.1) is 15.9 Å². The van der Waals surface area contributed by atoms with Gasteiger partial charge in [0, 0.05) is 6.07 Å². The number of rotatable bonds is 4. The lowest BCUT2D eigenvalue weighted by molar-refractivity contribution is -0.385. The molecule has 0 bridgehead atoms. The van der Waals surface area contributed by atoms with E-state index < -0.39 is 11.5 Å². The van der Waals surface area contributed by atoms with Crippen LogP contribution in [-0.2, 0) is 6.61 Å². The lowest BCUT2D eigenvalue weighted by Gasteiger charge is -2.07. The van der Waals surface area contributed by atoms with Gasteiger partial charge in [0.05, 0.1) is 17.1 Å². The molecule has 2 aromatic rings. The van der Waals surface area contributed by atoms with E-state index in [0.29, 0.717) is 11.5 Å². The zero-order valence-electron chi connectivity index (χ0n) is 9.75. The molecule has 1 N–H and O–H groups in total. The van der Waals surface area contributed by atoms with Crippen LogP contribution in [0.5, 0.6) is 11.5 Å². The summed E-state index contributed by atoms with van der Waals surface area (Å²) in [5.74, 6) is 0.354. The molecule has 0 aliphatic heterocycles. The van der Waals surface area contributed by atoms with Gasteiger partial charge in [-0.25, -0.2) is 4.39 Å². The third-order valence-corrected chi connectivity index (χ3v) is 2.47. The van der Waals surface area contributed by atoms with Gasteiger partial charge in [-0.1, -0.05) is 0 Å². The van der Waals surface area contributed by atoms with Crippen LogP contribution in [0.2, 0.25) is 0 Å². The molecule has 0 aromatic heterocycles. The SMILES string of the molecule is O=[N+]([O-])c1ccc(Oc2ccc(F)cc2)cc1CO. The Hall–Kier alpha value is -2.47. The Balaban J connectivity index is 2.26. The second-order valence-corrected chi connectivity index (χ2v) is 3.76. The van der Waals surface area contributed by atoms with Gasteiger partial charge < -0.3 is 9.84 Å². The summed E-state index contributed by atoms with van der Waals surface area (Å²) in [6.07, 6.45) is 0. The molecule has 0 atom stereocenters. The minimum atomic E-state index is -0.576. The van der Waals surface area contributed by atoms with Crippen LogP contribution in [0.3, 0.4) is 0 Å². The molecule has 5 nitrogen and oxygen atoms in total. The molecule has 19 heavy (non-hydrogen) atoms. The zero-order chi connectivity index (χ0) is 13.8. The summed E-state index contributed by atoms with van der Waals surface area (Å²) in [6, 6.07) is 9.42. The highest BCUT2D eigenvalue weighted by Gasteiger charge is 2.13. The van der Waals surface area contributed by atoms with Crippen LogP contribution >= 0.6 is 0 Å². The predicted octanol–water partition coefficient (Wildman–Crippen LogP) is 3.02. The molecule has 0 aliphatic carbocycles.